The number of piperazine rings is 1. The van der Waals surface area contributed by atoms with Gasteiger partial charge in [0.05, 0.1) is 29.3 Å². The minimum atomic E-state index is -3.74. The maximum Gasteiger partial charge on any atom is 0.277 e. The Morgan fingerprint density at radius 3 is 2.45 bits per heavy atom. The van der Waals surface area contributed by atoms with E-state index >= 15 is 0 Å². The van der Waals surface area contributed by atoms with Gasteiger partial charge in [0.15, 0.2) is 5.52 Å². The first-order valence-electron chi connectivity index (χ1n) is 13.5. The third kappa shape index (κ3) is 5.47. The van der Waals surface area contributed by atoms with Crippen LogP contribution >= 0.6 is 0 Å². The monoisotopic (exact) mass is 565 g/mol. The average Bonchev–Trinajstić information content (AvgIpc) is 3.28. The van der Waals surface area contributed by atoms with Gasteiger partial charge in [0.25, 0.3) is 5.56 Å². The Bertz CT molecular complexity index is 1670. The molecule has 11 nitrogen and oxygen atoms in total. The van der Waals surface area contributed by atoms with Crippen molar-refractivity contribution in [2.24, 2.45) is 0 Å². The molecule has 1 saturated heterocycles. The van der Waals surface area contributed by atoms with Crippen LogP contribution in [-0.4, -0.2) is 77.2 Å². The molecule has 0 aliphatic carbocycles. The summed E-state index contributed by atoms with van der Waals surface area (Å²) in [5, 5.41) is 4.74. The van der Waals surface area contributed by atoms with Gasteiger partial charge in [0, 0.05) is 31.9 Å². The highest BCUT2D eigenvalue weighted by Crippen LogP contribution is 2.32. The number of H-pyrrole nitrogens is 1. The van der Waals surface area contributed by atoms with E-state index in [2.05, 4.69) is 9.88 Å². The van der Waals surface area contributed by atoms with Crippen LogP contribution in [0.3, 0.4) is 0 Å². The second-order valence-electron chi connectivity index (χ2n) is 10.0. The van der Waals surface area contributed by atoms with Gasteiger partial charge in [-0.1, -0.05) is 25.5 Å². The first kappa shape index (κ1) is 27.8. The second kappa shape index (κ2) is 11.4. The normalized spacial score (nSPS) is 15.1. The number of hydrogen-bond donors (Lipinski definition) is 2. The van der Waals surface area contributed by atoms with Crippen LogP contribution in [0, 0.1) is 0 Å². The average molecular weight is 566 g/mol. The van der Waals surface area contributed by atoms with Crippen molar-refractivity contribution in [3.05, 3.63) is 64.1 Å². The van der Waals surface area contributed by atoms with Crippen LogP contribution in [0.5, 0.6) is 5.75 Å². The predicted octanol–water partition coefficient (Wildman–Crippen LogP) is 2.70. The number of benzene rings is 2. The minimum Gasteiger partial charge on any atom is -0.493 e. The molecule has 0 saturated carbocycles. The quantitative estimate of drug-likeness (QED) is 0.295. The fraction of sp³-hybridized carbons (Fsp3) is 0.393. The van der Waals surface area contributed by atoms with E-state index in [1.165, 1.54) is 4.31 Å². The highest BCUT2D eigenvalue weighted by molar-refractivity contribution is 7.89. The number of fused-ring (bicyclic) bond motifs is 1. The van der Waals surface area contributed by atoms with Crippen molar-refractivity contribution >= 4 is 26.7 Å². The number of likely N-dealkylation sites (N-methyl/N-ethyl adjacent to an activating group) is 1. The highest BCUT2D eigenvalue weighted by Gasteiger charge is 2.29. The van der Waals surface area contributed by atoms with Crippen LogP contribution < -0.4 is 16.0 Å². The smallest absolute Gasteiger partial charge is 0.277 e. The molecule has 0 amide bonds. The van der Waals surface area contributed by atoms with E-state index in [-0.39, 0.29) is 16.3 Å². The molecule has 0 unspecified atom stereocenters. The molecule has 0 atom stereocenters. The number of anilines is 1. The van der Waals surface area contributed by atoms with Crippen LogP contribution in [-0.2, 0) is 23.0 Å². The Labute approximate surface area is 233 Å². The molecule has 12 heteroatoms. The maximum atomic E-state index is 13.5. The summed E-state index contributed by atoms with van der Waals surface area (Å²) in [5.74, 6) is 0.675. The molecule has 0 bridgehead atoms. The molecule has 3 N–H and O–H groups in total. The number of aromatic amines is 1. The van der Waals surface area contributed by atoms with Crippen LogP contribution in [0.2, 0.25) is 0 Å². The topological polar surface area (TPSA) is 139 Å². The van der Waals surface area contributed by atoms with E-state index in [1.54, 1.807) is 22.9 Å². The summed E-state index contributed by atoms with van der Waals surface area (Å²) in [7, 11) is -1.77. The number of nitrogen functional groups attached to an aromatic ring is 1. The molecule has 5 rings (SSSR count). The van der Waals surface area contributed by atoms with Crippen LogP contribution in [0.15, 0.2) is 52.2 Å². The van der Waals surface area contributed by atoms with Gasteiger partial charge >= 0.3 is 0 Å². The summed E-state index contributed by atoms with van der Waals surface area (Å²) in [6.07, 6.45) is 1.46. The summed E-state index contributed by atoms with van der Waals surface area (Å²) in [6.45, 7) is 6.78. The summed E-state index contributed by atoms with van der Waals surface area (Å²) >= 11 is 0. The lowest BCUT2D eigenvalue weighted by atomic mass is 10.1. The van der Waals surface area contributed by atoms with E-state index < -0.39 is 10.0 Å². The lowest BCUT2D eigenvalue weighted by molar-refractivity contribution is 0.222. The van der Waals surface area contributed by atoms with Gasteiger partial charge in [-0.25, -0.2) is 13.4 Å². The van der Waals surface area contributed by atoms with Crippen LogP contribution in [0.25, 0.3) is 22.4 Å². The van der Waals surface area contributed by atoms with Crippen molar-refractivity contribution in [2.75, 3.05) is 45.6 Å². The number of nitrogens with two attached hydrogens (primary N) is 1. The number of nitrogens with one attached hydrogen (secondary N) is 1. The number of sulfonamides is 1. The Hall–Kier alpha value is -3.74. The largest absolute Gasteiger partial charge is 0.493 e. The molecule has 40 heavy (non-hydrogen) atoms. The molecule has 2 aromatic carbocycles. The van der Waals surface area contributed by atoms with Gasteiger partial charge in [0.2, 0.25) is 10.0 Å². The van der Waals surface area contributed by atoms with Crippen molar-refractivity contribution in [3.8, 4) is 17.1 Å². The molecular weight excluding hydrogens is 530 g/mol. The second-order valence-corrected chi connectivity index (χ2v) is 11.9. The van der Waals surface area contributed by atoms with Crippen molar-refractivity contribution in [1.29, 1.82) is 0 Å². The van der Waals surface area contributed by atoms with E-state index in [9.17, 15) is 13.2 Å². The fourth-order valence-electron chi connectivity index (χ4n) is 4.91. The number of ether oxygens (including phenoxy) is 1. The van der Waals surface area contributed by atoms with Crippen LogP contribution in [0.1, 0.15) is 31.5 Å². The van der Waals surface area contributed by atoms with E-state index in [1.807, 2.05) is 45.2 Å². The lowest BCUT2D eigenvalue weighted by Crippen LogP contribution is -2.47. The number of aromatic nitrogens is 4. The molecule has 1 fully saturated rings. The zero-order chi connectivity index (χ0) is 28.4. The number of rotatable bonds is 9. The lowest BCUT2D eigenvalue weighted by Gasteiger charge is -2.31. The van der Waals surface area contributed by atoms with Crippen LogP contribution in [0.4, 0.5) is 5.69 Å². The molecule has 212 valence electrons. The Kier molecular flexibility index (Phi) is 7.92. The summed E-state index contributed by atoms with van der Waals surface area (Å²) in [4.78, 5) is 23.5. The van der Waals surface area contributed by atoms with E-state index in [4.69, 9.17) is 20.6 Å². The summed E-state index contributed by atoms with van der Waals surface area (Å²) < 4.78 is 36.0. The van der Waals surface area contributed by atoms with Crippen molar-refractivity contribution < 1.29 is 13.2 Å². The van der Waals surface area contributed by atoms with Gasteiger partial charge in [0.1, 0.15) is 17.1 Å². The Balaban J connectivity index is 1.61. The fourth-order valence-corrected chi connectivity index (χ4v) is 6.36. The number of aryl methyl sites for hydroxylation is 1. The zero-order valence-electron chi connectivity index (χ0n) is 23.1. The summed E-state index contributed by atoms with van der Waals surface area (Å²) in [5.41, 5.74) is 9.05. The SMILES string of the molecule is CCCc1nn(Cc2ccc(N)cc2)c2c(=O)[nH]c(-c3cc(S(=O)(=O)N4CCN(C)CC4)ccc3OCC)nc12. The molecule has 1 aliphatic rings. The zero-order valence-corrected chi connectivity index (χ0v) is 23.9. The molecule has 0 spiro atoms. The maximum absolute atomic E-state index is 13.5. The van der Waals surface area contributed by atoms with E-state index in [0.29, 0.717) is 79.5 Å². The van der Waals surface area contributed by atoms with E-state index in [0.717, 1.165) is 12.0 Å². The Morgan fingerprint density at radius 1 is 1.05 bits per heavy atom. The van der Waals surface area contributed by atoms with Gasteiger partial charge in [-0.15, -0.1) is 0 Å². The predicted molar refractivity (Wildman–Crippen MR) is 155 cm³/mol. The highest BCUT2D eigenvalue weighted by atomic mass is 32.2. The number of nitrogens with zero attached hydrogens (tertiary/aromatic N) is 5. The first-order chi connectivity index (χ1) is 19.2. The van der Waals surface area contributed by atoms with Crippen molar-refractivity contribution in [1.82, 2.24) is 29.0 Å². The first-order valence-corrected chi connectivity index (χ1v) is 14.9. The standard InChI is InChI=1S/C28H35N7O4S/c1-4-6-23-25-26(35(32-23)18-19-7-9-20(29)10-8-19)28(36)31-27(30-25)22-17-21(11-12-24(22)39-5-2)40(37,38)34-15-13-33(3)14-16-34/h7-12,17H,4-6,13-16,18,29H2,1-3H3,(H,30,31,36). The molecular formula is C28H35N7O4S. The van der Waals surface area contributed by atoms with Gasteiger partial charge < -0.3 is 20.4 Å². The van der Waals surface area contributed by atoms with Gasteiger partial charge in [-0.3, -0.25) is 9.48 Å². The number of hydrogen-bond acceptors (Lipinski definition) is 8. The molecule has 4 aromatic rings. The Morgan fingerprint density at radius 2 is 1.77 bits per heavy atom. The van der Waals surface area contributed by atoms with Gasteiger partial charge in [-0.2, -0.15) is 9.40 Å². The molecule has 3 heterocycles. The van der Waals surface area contributed by atoms with Crippen molar-refractivity contribution in [2.45, 2.75) is 38.1 Å². The molecule has 2 aromatic heterocycles. The molecule has 0 radical (unpaired) electrons. The third-order valence-corrected chi connectivity index (χ3v) is 8.97. The summed E-state index contributed by atoms with van der Waals surface area (Å²) in [6, 6.07) is 12.1. The van der Waals surface area contributed by atoms with Gasteiger partial charge in [-0.05, 0) is 56.3 Å². The minimum absolute atomic E-state index is 0.131. The molecule has 1 aliphatic heterocycles. The van der Waals surface area contributed by atoms with Crippen molar-refractivity contribution in [3.63, 3.8) is 0 Å². The third-order valence-electron chi connectivity index (χ3n) is 7.07.